The first-order valence-electron chi connectivity index (χ1n) is 10.5. The van der Waals surface area contributed by atoms with Crippen molar-refractivity contribution in [1.29, 1.82) is 0 Å². The van der Waals surface area contributed by atoms with Crippen LogP contribution in [0.5, 0.6) is 0 Å². The number of hydrogen-bond donors (Lipinski definition) is 3. The smallest absolute Gasteiger partial charge is 0.276 e. The minimum Gasteiger partial charge on any atom is -0.397 e. The Kier molecular flexibility index (Phi) is 5.86. The van der Waals surface area contributed by atoms with Crippen molar-refractivity contribution < 1.29 is 4.79 Å². The molecule has 0 radical (unpaired) electrons. The summed E-state index contributed by atoms with van der Waals surface area (Å²) in [5.41, 5.74) is 18.3. The number of nitrogens with one attached hydrogen (secondary N) is 1. The van der Waals surface area contributed by atoms with E-state index < -0.39 is 0 Å². The third kappa shape index (κ3) is 4.36. The van der Waals surface area contributed by atoms with Gasteiger partial charge in [-0.3, -0.25) is 9.78 Å². The summed E-state index contributed by atoms with van der Waals surface area (Å²) in [6, 6.07) is 11.7. The predicted octanol–water partition coefficient (Wildman–Crippen LogP) is 3.52. The van der Waals surface area contributed by atoms with Crippen molar-refractivity contribution in [3.63, 3.8) is 0 Å². The second-order valence-corrected chi connectivity index (χ2v) is 8.10. The molecule has 4 rings (SSSR count). The molecule has 1 aliphatic heterocycles. The molecule has 1 aliphatic rings. The van der Waals surface area contributed by atoms with Gasteiger partial charge in [-0.1, -0.05) is 18.2 Å². The molecule has 160 valence electrons. The highest BCUT2D eigenvalue weighted by molar-refractivity contribution is 6.08. The van der Waals surface area contributed by atoms with Crippen LogP contribution >= 0.6 is 0 Å². The number of carbonyl (C=O) groups excluding carboxylic acids is 1. The molecule has 1 atom stereocenters. The van der Waals surface area contributed by atoms with Crippen LogP contribution in [-0.4, -0.2) is 35.0 Å². The maximum atomic E-state index is 13.2. The molecule has 0 unspecified atom stereocenters. The first kappa shape index (κ1) is 20.8. The summed E-state index contributed by atoms with van der Waals surface area (Å²) in [6.45, 7) is 5.70. The molecule has 1 amide bonds. The van der Waals surface area contributed by atoms with E-state index in [4.69, 9.17) is 11.5 Å². The van der Waals surface area contributed by atoms with Crippen LogP contribution in [0.25, 0.3) is 11.3 Å². The first-order valence-corrected chi connectivity index (χ1v) is 10.5. The lowest BCUT2D eigenvalue weighted by Crippen LogP contribution is -2.43. The number of nitrogens with two attached hydrogens (primary N) is 2. The van der Waals surface area contributed by atoms with E-state index in [2.05, 4.69) is 20.2 Å². The number of benzene rings is 1. The van der Waals surface area contributed by atoms with Crippen molar-refractivity contribution in [3.05, 3.63) is 65.6 Å². The van der Waals surface area contributed by atoms with E-state index in [1.807, 2.05) is 44.2 Å². The topological polar surface area (TPSA) is 110 Å². The number of nitrogen functional groups attached to an aromatic ring is 1. The Morgan fingerprint density at radius 1 is 1.16 bits per heavy atom. The highest BCUT2D eigenvalue weighted by atomic mass is 16.1. The monoisotopic (exact) mass is 416 g/mol. The highest BCUT2D eigenvalue weighted by Crippen LogP contribution is 2.30. The van der Waals surface area contributed by atoms with Crippen LogP contribution in [0.15, 0.2) is 48.8 Å². The summed E-state index contributed by atoms with van der Waals surface area (Å²) in [6.07, 6.45) is 5.40. The van der Waals surface area contributed by atoms with Gasteiger partial charge in [-0.2, -0.15) is 0 Å². The lowest BCUT2D eigenvalue weighted by molar-refractivity contribution is 0.102. The van der Waals surface area contributed by atoms with Gasteiger partial charge >= 0.3 is 0 Å². The normalized spacial score (nSPS) is 16.2. The maximum Gasteiger partial charge on any atom is 0.276 e. The van der Waals surface area contributed by atoms with Gasteiger partial charge in [0.25, 0.3) is 5.91 Å². The molecule has 0 saturated carbocycles. The van der Waals surface area contributed by atoms with Crippen molar-refractivity contribution in [1.82, 2.24) is 9.97 Å². The number of nitrogens with zero attached hydrogens (tertiary/aromatic N) is 3. The molecule has 5 N–H and O–H groups in total. The van der Waals surface area contributed by atoms with Crippen molar-refractivity contribution in [2.24, 2.45) is 5.73 Å². The largest absolute Gasteiger partial charge is 0.397 e. The molecular weight excluding hydrogens is 388 g/mol. The molecule has 1 aromatic carbocycles. The SMILES string of the molecule is Cc1cccc(C)c1-c1ccc(N)c(C(=O)Nc2cnccc2N2CCC[C@H](N)C2)n1. The highest BCUT2D eigenvalue weighted by Gasteiger charge is 2.21. The van der Waals surface area contributed by atoms with Crippen molar-refractivity contribution in [3.8, 4) is 11.3 Å². The van der Waals surface area contributed by atoms with Gasteiger partial charge in [0.15, 0.2) is 5.69 Å². The van der Waals surface area contributed by atoms with E-state index in [1.54, 1.807) is 18.5 Å². The van der Waals surface area contributed by atoms with E-state index in [9.17, 15) is 4.79 Å². The minimum atomic E-state index is -0.360. The summed E-state index contributed by atoms with van der Waals surface area (Å²) >= 11 is 0. The first-order chi connectivity index (χ1) is 14.9. The fourth-order valence-corrected chi connectivity index (χ4v) is 4.18. The Morgan fingerprint density at radius 2 is 1.94 bits per heavy atom. The van der Waals surface area contributed by atoms with Gasteiger partial charge in [0.2, 0.25) is 0 Å². The molecule has 7 heteroatoms. The fraction of sp³-hybridized carbons (Fsp3) is 0.292. The summed E-state index contributed by atoms with van der Waals surface area (Å²) in [5.74, 6) is -0.360. The lowest BCUT2D eigenvalue weighted by Gasteiger charge is -2.33. The summed E-state index contributed by atoms with van der Waals surface area (Å²) in [7, 11) is 0. The van der Waals surface area contributed by atoms with Crippen LogP contribution in [0.4, 0.5) is 17.1 Å². The molecule has 31 heavy (non-hydrogen) atoms. The standard InChI is InChI=1S/C24H28N6O/c1-15-5-3-6-16(2)22(15)19-9-8-18(26)23(28-19)24(31)29-20-13-27-11-10-21(20)30-12-4-7-17(25)14-30/h3,5-6,8-11,13,17H,4,7,12,14,25-26H2,1-2H3,(H,29,31)/t17-/m0/s1. The lowest BCUT2D eigenvalue weighted by atomic mass is 9.99. The summed E-state index contributed by atoms with van der Waals surface area (Å²) in [4.78, 5) is 24.2. The molecular formula is C24H28N6O. The van der Waals surface area contributed by atoms with E-state index >= 15 is 0 Å². The van der Waals surface area contributed by atoms with Gasteiger partial charge in [0.1, 0.15) is 0 Å². The average Bonchev–Trinajstić information content (AvgIpc) is 2.75. The molecule has 3 aromatic rings. The third-order valence-electron chi connectivity index (χ3n) is 5.72. The summed E-state index contributed by atoms with van der Waals surface area (Å²) in [5, 5.41) is 2.96. The van der Waals surface area contributed by atoms with E-state index in [0.29, 0.717) is 11.4 Å². The molecule has 0 spiro atoms. The van der Waals surface area contributed by atoms with Crippen LogP contribution in [-0.2, 0) is 0 Å². The van der Waals surface area contributed by atoms with E-state index in [-0.39, 0.29) is 17.6 Å². The van der Waals surface area contributed by atoms with Gasteiger partial charge in [0.05, 0.1) is 29.0 Å². The van der Waals surface area contributed by atoms with Crippen molar-refractivity contribution in [2.45, 2.75) is 32.7 Å². The quantitative estimate of drug-likeness (QED) is 0.600. The zero-order chi connectivity index (χ0) is 22.0. The van der Waals surface area contributed by atoms with Crippen molar-refractivity contribution >= 4 is 23.0 Å². The number of pyridine rings is 2. The molecule has 7 nitrogen and oxygen atoms in total. The predicted molar refractivity (Wildman–Crippen MR) is 125 cm³/mol. The Morgan fingerprint density at radius 3 is 2.68 bits per heavy atom. The van der Waals surface area contributed by atoms with E-state index in [0.717, 1.165) is 54.0 Å². The van der Waals surface area contributed by atoms with Crippen LogP contribution in [0.3, 0.4) is 0 Å². The number of aromatic nitrogens is 2. The van der Waals surface area contributed by atoms with Crippen LogP contribution in [0.2, 0.25) is 0 Å². The van der Waals surface area contributed by atoms with Gasteiger partial charge in [0, 0.05) is 30.9 Å². The minimum absolute atomic E-state index is 0.122. The number of hydrogen-bond acceptors (Lipinski definition) is 6. The van der Waals surface area contributed by atoms with Gasteiger partial charge in [-0.15, -0.1) is 0 Å². The zero-order valence-corrected chi connectivity index (χ0v) is 17.9. The fourth-order valence-electron chi connectivity index (χ4n) is 4.18. The summed E-state index contributed by atoms with van der Waals surface area (Å²) < 4.78 is 0. The third-order valence-corrected chi connectivity index (χ3v) is 5.72. The molecule has 1 saturated heterocycles. The number of rotatable bonds is 4. The number of piperidine rings is 1. The number of carbonyl (C=O) groups is 1. The van der Waals surface area contributed by atoms with Crippen LogP contribution in [0, 0.1) is 13.8 Å². The van der Waals surface area contributed by atoms with E-state index in [1.165, 1.54) is 0 Å². The second-order valence-electron chi connectivity index (χ2n) is 8.10. The van der Waals surface area contributed by atoms with Gasteiger partial charge in [-0.25, -0.2) is 4.98 Å². The number of aryl methyl sites for hydroxylation is 2. The number of amides is 1. The number of anilines is 3. The molecule has 0 aliphatic carbocycles. The zero-order valence-electron chi connectivity index (χ0n) is 17.9. The Balaban J connectivity index is 1.65. The molecule has 0 bridgehead atoms. The maximum absolute atomic E-state index is 13.2. The molecule has 2 aromatic heterocycles. The Hall–Kier alpha value is -3.45. The second kappa shape index (κ2) is 8.73. The molecule has 1 fully saturated rings. The Labute approximate surface area is 182 Å². The van der Waals surface area contributed by atoms with Crippen LogP contribution in [0.1, 0.15) is 34.5 Å². The molecule has 3 heterocycles. The van der Waals surface area contributed by atoms with Gasteiger partial charge in [-0.05, 0) is 56.0 Å². The van der Waals surface area contributed by atoms with Crippen LogP contribution < -0.4 is 21.7 Å². The Bertz CT molecular complexity index is 1090. The van der Waals surface area contributed by atoms with Crippen molar-refractivity contribution in [2.75, 3.05) is 29.0 Å². The van der Waals surface area contributed by atoms with Gasteiger partial charge < -0.3 is 21.7 Å². The average molecular weight is 417 g/mol.